The molecule has 0 spiro atoms. The van der Waals surface area contributed by atoms with Crippen LogP contribution in [-0.2, 0) is 14.4 Å². The number of nitrogens with one attached hydrogen (secondary N) is 2. The van der Waals surface area contributed by atoms with Crippen molar-refractivity contribution in [2.24, 2.45) is 0 Å². The Hall–Kier alpha value is -0.340. The second-order valence-corrected chi connectivity index (χ2v) is 8.16. The maximum absolute atomic E-state index is 12.0. The highest BCUT2D eigenvalue weighted by Crippen LogP contribution is 2.13. The van der Waals surface area contributed by atoms with Crippen molar-refractivity contribution in [1.29, 1.82) is 0 Å². The van der Waals surface area contributed by atoms with Crippen LogP contribution in [0.1, 0.15) is 34.1 Å². The van der Waals surface area contributed by atoms with E-state index in [9.17, 15) is 14.4 Å². The Morgan fingerprint density at radius 1 is 1.00 bits per heavy atom. The third kappa shape index (κ3) is 6.90. The van der Waals surface area contributed by atoms with Gasteiger partial charge < -0.3 is 5.32 Å². The first-order valence-electron chi connectivity index (χ1n) is 6.11. The topological polar surface area (TPSA) is 75.3 Å². The van der Waals surface area contributed by atoms with Crippen LogP contribution in [-0.4, -0.2) is 39.0 Å². The summed E-state index contributed by atoms with van der Waals surface area (Å²) in [5.74, 6) is -1.09. The van der Waals surface area contributed by atoms with E-state index >= 15 is 0 Å². The molecule has 0 saturated heterocycles. The lowest BCUT2D eigenvalue weighted by molar-refractivity contribution is -0.135. The van der Waals surface area contributed by atoms with E-state index in [4.69, 9.17) is 0 Å². The highest BCUT2D eigenvalue weighted by atomic mass is 32.1. The van der Waals surface area contributed by atoms with Gasteiger partial charge in [-0.3, -0.25) is 19.7 Å². The summed E-state index contributed by atoms with van der Waals surface area (Å²) in [6.45, 7) is 6.37. The number of hydrogen-bond acceptors (Lipinski definition) is 6. The Balaban J connectivity index is 4.80. The third-order valence-electron chi connectivity index (χ3n) is 2.39. The predicted octanol–water partition coefficient (Wildman–Crippen LogP) is 0.851. The van der Waals surface area contributed by atoms with Crippen molar-refractivity contribution in [2.75, 3.05) is 5.75 Å². The SMILES string of the molecule is CC(C)(S)C(=O)NC(=O)C(CCS)NC(=O)C(C)(C)S. The van der Waals surface area contributed by atoms with E-state index < -0.39 is 27.4 Å². The number of imide groups is 1. The van der Waals surface area contributed by atoms with Crippen molar-refractivity contribution in [3.8, 4) is 0 Å². The summed E-state index contributed by atoms with van der Waals surface area (Å²) in [4.78, 5) is 35.6. The number of rotatable bonds is 6. The summed E-state index contributed by atoms with van der Waals surface area (Å²) in [6, 6.07) is -0.828. The first kappa shape index (κ1) is 19.7. The number of amides is 3. The Morgan fingerprint density at radius 3 is 1.80 bits per heavy atom. The highest BCUT2D eigenvalue weighted by molar-refractivity contribution is 7.82. The minimum atomic E-state index is -0.978. The molecule has 8 heteroatoms. The third-order valence-corrected chi connectivity index (χ3v) is 3.05. The van der Waals surface area contributed by atoms with Crippen LogP contribution in [0, 0.1) is 0 Å². The molecule has 0 aromatic rings. The summed E-state index contributed by atoms with van der Waals surface area (Å²) in [5.41, 5.74) is 0. The Labute approximate surface area is 136 Å². The molecule has 0 aromatic carbocycles. The van der Waals surface area contributed by atoms with Gasteiger partial charge in [0.2, 0.25) is 17.7 Å². The first-order valence-corrected chi connectivity index (χ1v) is 7.64. The number of hydrogen-bond donors (Lipinski definition) is 5. The minimum absolute atomic E-state index is 0.310. The molecule has 0 heterocycles. The molecule has 0 aliphatic heterocycles. The van der Waals surface area contributed by atoms with E-state index in [1.165, 1.54) is 0 Å². The van der Waals surface area contributed by atoms with Gasteiger partial charge in [0.1, 0.15) is 6.04 Å². The molecule has 0 aromatic heterocycles. The summed E-state index contributed by atoms with van der Waals surface area (Å²) < 4.78 is -1.89. The van der Waals surface area contributed by atoms with Gasteiger partial charge in [-0.1, -0.05) is 0 Å². The second kappa shape index (κ2) is 7.61. The molecule has 1 unspecified atom stereocenters. The molecule has 0 rings (SSSR count). The molecule has 0 aliphatic rings. The van der Waals surface area contributed by atoms with Crippen LogP contribution >= 0.6 is 37.9 Å². The van der Waals surface area contributed by atoms with E-state index in [1.807, 2.05) is 0 Å². The molecule has 116 valence electrons. The van der Waals surface area contributed by atoms with Crippen molar-refractivity contribution in [3.63, 3.8) is 0 Å². The van der Waals surface area contributed by atoms with Gasteiger partial charge in [-0.05, 0) is 39.9 Å². The maximum Gasteiger partial charge on any atom is 0.249 e. The summed E-state index contributed by atoms with van der Waals surface area (Å²) in [7, 11) is 0. The standard InChI is InChI=1S/C12H22N2O3S3/c1-11(2,19)9(16)13-7(5-6-18)8(15)14-10(17)12(3,4)20/h7,18-20H,5-6H2,1-4H3,(H,13,16)(H,14,15,17). The van der Waals surface area contributed by atoms with Crippen LogP contribution in [0.3, 0.4) is 0 Å². The molecule has 1 atom stereocenters. The fraction of sp³-hybridized carbons (Fsp3) is 0.750. The van der Waals surface area contributed by atoms with Crippen molar-refractivity contribution in [1.82, 2.24) is 10.6 Å². The van der Waals surface area contributed by atoms with Crippen LogP contribution < -0.4 is 10.6 Å². The molecule has 5 nitrogen and oxygen atoms in total. The normalized spacial score (nSPS) is 13.6. The lowest BCUT2D eigenvalue weighted by atomic mass is 10.1. The zero-order valence-electron chi connectivity index (χ0n) is 12.1. The fourth-order valence-corrected chi connectivity index (χ4v) is 1.46. The second-order valence-electron chi connectivity index (χ2n) is 5.47. The molecule has 0 fully saturated rings. The van der Waals surface area contributed by atoms with Crippen molar-refractivity contribution in [2.45, 2.75) is 49.7 Å². The molecular weight excluding hydrogens is 316 g/mol. The maximum atomic E-state index is 12.0. The van der Waals surface area contributed by atoms with Crippen LogP contribution in [0.15, 0.2) is 0 Å². The number of carbonyl (C=O) groups is 3. The summed E-state index contributed by atoms with van der Waals surface area (Å²) in [5, 5.41) is 4.79. The fourth-order valence-electron chi connectivity index (χ4n) is 1.08. The van der Waals surface area contributed by atoms with Crippen molar-refractivity contribution < 1.29 is 14.4 Å². The van der Waals surface area contributed by atoms with Gasteiger partial charge in [0.05, 0.1) is 9.49 Å². The van der Waals surface area contributed by atoms with Gasteiger partial charge in [0.15, 0.2) is 0 Å². The highest BCUT2D eigenvalue weighted by Gasteiger charge is 2.31. The molecule has 2 N–H and O–H groups in total. The minimum Gasteiger partial charge on any atom is -0.343 e. The van der Waals surface area contributed by atoms with Gasteiger partial charge in [-0.2, -0.15) is 37.9 Å². The van der Waals surface area contributed by atoms with Crippen LogP contribution in [0.5, 0.6) is 0 Å². The molecule has 0 saturated carbocycles. The zero-order chi connectivity index (χ0) is 16.1. The molecule has 0 aliphatic carbocycles. The van der Waals surface area contributed by atoms with Crippen molar-refractivity contribution in [3.05, 3.63) is 0 Å². The van der Waals surface area contributed by atoms with E-state index in [0.717, 1.165) is 0 Å². The van der Waals surface area contributed by atoms with Crippen LogP contribution in [0.25, 0.3) is 0 Å². The molecular formula is C12H22N2O3S3. The Morgan fingerprint density at radius 2 is 1.45 bits per heavy atom. The monoisotopic (exact) mass is 338 g/mol. The molecule has 0 radical (unpaired) electrons. The Kier molecular flexibility index (Phi) is 7.48. The lowest BCUT2D eigenvalue weighted by Crippen LogP contribution is -2.54. The van der Waals surface area contributed by atoms with E-state index in [0.29, 0.717) is 12.2 Å². The number of carbonyl (C=O) groups excluding carboxylic acids is 3. The molecule has 3 amide bonds. The van der Waals surface area contributed by atoms with Gasteiger partial charge in [0, 0.05) is 0 Å². The van der Waals surface area contributed by atoms with E-state index in [1.54, 1.807) is 27.7 Å². The van der Waals surface area contributed by atoms with Crippen molar-refractivity contribution >= 4 is 55.6 Å². The molecule has 20 heavy (non-hydrogen) atoms. The summed E-state index contributed by atoms with van der Waals surface area (Å²) in [6.07, 6.45) is 0.310. The average Bonchev–Trinajstić information content (AvgIpc) is 2.25. The lowest BCUT2D eigenvalue weighted by Gasteiger charge is -2.24. The van der Waals surface area contributed by atoms with Gasteiger partial charge >= 0.3 is 0 Å². The van der Waals surface area contributed by atoms with Gasteiger partial charge in [-0.25, -0.2) is 0 Å². The van der Waals surface area contributed by atoms with Crippen LogP contribution in [0.4, 0.5) is 0 Å². The smallest absolute Gasteiger partial charge is 0.249 e. The van der Waals surface area contributed by atoms with E-state index in [-0.39, 0.29) is 5.91 Å². The number of thiol groups is 3. The van der Waals surface area contributed by atoms with Gasteiger partial charge in [0.25, 0.3) is 0 Å². The van der Waals surface area contributed by atoms with Gasteiger partial charge in [-0.15, -0.1) is 0 Å². The first-order chi connectivity index (χ1) is 8.89. The molecule has 0 bridgehead atoms. The zero-order valence-corrected chi connectivity index (χ0v) is 14.7. The quantitative estimate of drug-likeness (QED) is 0.466. The Bertz CT molecular complexity index is 386. The summed E-state index contributed by atoms with van der Waals surface area (Å²) >= 11 is 12.3. The van der Waals surface area contributed by atoms with E-state index in [2.05, 4.69) is 48.5 Å². The predicted molar refractivity (Wildman–Crippen MR) is 89.7 cm³/mol. The van der Waals surface area contributed by atoms with Crippen LogP contribution in [0.2, 0.25) is 0 Å². The largest absolute Gasteiger partial charge is 0.343 e. The average molecular weight is 339 g/mol.